The van der Waals surface area contributed by atoms with E-state index in [0.717, 1.165) is 0 Å². The molecule has 0 unspecified atom stereocenters. The smallest absolute Gasteiger partial charge is 0.327 e. The van der Waals surface area contributed by atoms with Crippen LogP contribution in [0.3, 0.4) is 0 Å². The second kappa shape index (κ2) is 4.69. The lowest BCUT2D eigenvalue weighted by molar-refractivity contribution is -0.254. The van der Waals surface area contributed by atoms with Crippen LogP contribution in [0, 0.1) is 11.3 Å². The summed E-state index contributed by atoms with van der Waals surface area (Å²) in [6.07, 6.45) is 1.74. The Morgan fingerprint density at radius 3 is 2.06 bits per heavy atom. The van der Waals surface area contributed by atoms with Gasteiger partial charge in [-0.2, -0.15) is 0 Å². The number of hydrogen-bond donors (Lipinski definition) is 0. The number of esters is 2. The maximum absolute atomic E-state index is 12.1. The molecule has 1 saturated heterocycles. The van der Waals surface area contributed by atoms with Crippen LogP contribution in [0.1, 0.15) is 34.1 Å². The van der Waals surface area contributed by atoms with Gasteiger partial charge >= 0.3 is 11.9 Å². The lowest BCUT2D eigenvalue weighted by Gasteiger charge is -2.41. The van der Waals surface area contributed by atoms with Crippen molar-refractivity contribution in [3.63, 3.8) is 0 Å². The van der Waals surface area contributed by atoms with Gasteiger partial charge in [0.15, 0.2) is 5.41 Å². The summed E-state index contributed by atoms with van der Waals surface area (Å²) in [5.41, 5.74) is -0.00858. The fourth-order valence-electron chi connectivity index (χ4n) is 1.84. The number of ether oxygens (including phenoxy) is 2. The molecule has 4 nitrogen and oxygen atoms in total. The fraction of sp³-hybridized carbons (Fsp3) is 0.667. The van der Waals surface area contributed by atoms with E-state index in [4.69, 9.17) is 21.1 Å². The van der Waals surface area contributed by atoms with Crippen LogP contribution >= 0.6 is 11.6 Å². The van der Waals surface area contributed by atoms with E-state index in [2.05, 4.69) is 0 Å². The average Bonchev–Trinajstić information content (AvgIpc) is 2.14. The Morgan fingerprint density at radius 1 is 1.24 bits per heavy atom. The maximum atomic E-state index is 12.1. The zero-order valence-corrected chi connectivity index (χ0v) is 11.2. The van der Waals surface area contributed by atoms with E-state index in [1.165, 1.54) is 19.4 Å². The first-order valence-corrected chi connectivity index (χ1v) is 5.92. The number of rotatable bonds is 3. The highest BCUT2D eigenvalue weighted by Crippen LogP contribution is 2.41. The number of halogens is 1. The lowest BCUT2D eigenvalue weighted by atomic mass is 9.73. The monoisotopic (exact) mass is 260 g/mol. The van der Waals surface area contributed by atoms with Crippen LogP contribution in [-0.2, 0) is 19.1 Å². The summed E-state index contributed by atoms with van der Waals surface area (Å²) in [6.45, 7) is 6.63. The molecule has 5 heteroatoms. The minimum Gasteiger partial charge on any atom is -0.422 e. The van der Waals surface area contributed by atoms with E-state index >= 15 is 0 Å². The molecule has 17 heavy (non-hydrogen) atoms. The summed E-state index contributed by atoms with van der Waals surface area (Å²) in [7, 11) is 0. The highest BCUT2D eigenvalue weighted by atomic mass is 35.5. The Morgan fingerprint density at radius 2 is 1.71 bits per heavy atom. The number of hydrogen-bond acceptors (Lipinski definition) is 4. The highest BCUT2D eigenvalue weighted by Gasteiger charge is 2.57. The Kier molecular flexibility index (Phi) is 3.87. The van der Waals surface area contributed by atoms with E-state index < -0.39 is 23.1 Å². The summed E-state index contributed by atoms with van der Waals surface area (Å²) in [5, 5.41) is 0. The molecule has 0 bridgehead atoms. The molecule has 0 aromatic carbocycles. The van der Waals surface area contributed by atoms with Gasteiger partial charge in [-0.25, -0.2) is 0 Å². The van der Waals surface area contributed by atoms with Crippen molar-refractivity contribution in [2.45, 2.75) is 39.9 Å². The predicted molar refractivity (Wildman–Crippen MR) is 63.1 cm³/mol. The van der Waals surface area contributed by atoms with Crippen molar-refractivity contribution in [1.29, 1.82) is 0 Å². The number of carbonyl (C=O) groups excluding carboxylic acids is 2. The molecule has 1 aliphatic rings. The van der Waals surface area contributed by atoms with Crippen molar-refractivity contribution >= 4 is 23.5 Å². The van der Waals surface area contributed by atoms with Crippen molar-refractivity contribution in [3.8, 4) is 0 Å². The molecule has 1 fully saturated rings. The van der Waals surface area contributed by atoms with Crippen LogP contribution in [-0.4, -0.2) is 17.7 Å². The number of allylic oxidation sites excluding steroid dienone is 1. The van der Waals surface area contributed by atoms with Gasteiger partial charge in [0.1, 0.15) is 0 Å². The van der Waals surface area contributed by atoms with E-state index in [9.17, 15) is 9.59 Å². The molecule has 0 spiro atoms. The Hall–Kier alpha value is -1.03. The summed E-state index contributed by atoms with van der Waals surface area (Å²) in [4.78, 5) is 24.2. The van der Waals surface area contributed by atoms with E-state index in [1.54, 1.807) is 19.9 Å². The first kappa shape index (κ1) is 14.0. The normalized spacial score (nSPS) is 22.7. The Labute approximate surface area is 106 Å². The van der Waals surface area contributed by atoms with Gasteiger partial charge in [0.2, 0.25) is 0 Å². The van der Waals surface area contributed by atoms with Crippen molar-refractivity contribution in [1.82, 2.24) is 0 Å². The number of carbonyl (C=O) groups is 2. The Bertz CT molecular complexity index is 338. The van der Waals surface area contributed by atoms with Crippen LogP contribution < -0.4 is 0 Å². The minimum atomic E-state index is -1.29. The van der Waals surface area contributed by atoms with Gasteiger partial charge in [0.25, 0.3) is 5.79 Å². The third kappa shape index (κ3) is 2.46. The van der Waals surface area contributed by atoms with Crippen molar-refractivity contribution in [2.24, 2.45) is 11.3 Å². The molecule has 1 rings (SSSR count). The van der Waals surface area contributed by atoms with Crippen LogP contribution in [0.5, 0.6) is 0 Å². The van der Waals surface area contributed by atoms with Gasteiger partial charge in [0.05, 0.1) is 0 Å². The fourth-order valence-corrected chi connectivity index (χ4v) is 1.93. The first-order chi connectivity index (χ1) is 7.76. The maximum Gasteiger partial charge on any atom is 0.327 e. The SMILES string of the molecule is CC(C)C1(CC=CCl)C(=O)OC(C)(C)OC1=O. The van der Waals surface area contributed by atoms with Crippen LogP contribution in [0.2, 0.25) is 0 Å². The van der Waals surface area contributed by atoms with E-state index in [-0.39, 0.29) is 12.3 Å². The van der Waals surface area contributed by atoms with Crippen LogP contribution in [0.4, 0.5) is 0 Å². The molecule has 96 valence electrons. The van der Waals surface area contributed by atoms with Gasteiger partial charge in [-0.05, 0) is 12.3 Å². The topological polar surface area (TPSA) is 52.6 Å². The van der Waals surface area contributed by atoms with Crippen LogP contribution in [0.25, 0.3) is 0 Å². The van der Waals surface area contributed by atoms with Crippen molar-refractivity contribution < 1.29 is 19.1 Å². The zero-order chi connectivity index (χ0) is 13.3. The van der Waals surface area contributed by atoms with Crippen LogP contribution in [0.15, 0.2) is 11.6 Å². The summed E-state index contributed by atoms with van der Waals surface area (Å²) in [6, 6.07) is 0. The van der Waals surface area contributed by atoms with Crippen molar-refractivity contribution in [3.05, 3.63) is 11.6 Å². The summed E-state index contributed by atoms with van der Waals surface area (Å²) in [5.74, 6) is -2.53. The summed E-state index contributed by atoms with van der Waals surface area (Å²) >= 11 is 5.45. The molecule has 0 amide bonds. The summed E-state index contributed by atoms with van der Waals surface area (Å²) < 4.78 is 10.3. The minimum absolute atomic E-state index is 0.182. The molecule has 0 aromatic rings. The molecule has 0 aliphatic carbocycles. The van der Waals surface area contributed by atoms with Gasteiger partial charge in [0, 0.05) is 19.4 Å². The highest BCUT2D eigenvalue weighted by molar-refractivity contribution is 6.25. The Balaban J connectivity index is 3.13. The molecular weight excluding hydrogens is 244 g/mol. The van der Waals surface area contributed by atoms with Gasteiger partial charge in [-0.15, -0.1) is 0 Å². The second-order valence-corrected chi connectivity index (χ2v) is 5.12. The zero-order valence-electron chi connectivity index (χ0n) is 10.5. The molecule has 0 saturated carbocycles. The van der Waals surface area contributed by atoms with E-state index in [1.807, 2.05) is 0 Å². The largest absolute Gasteiger partial charge is 0.422 e. The molecule has 1 heterocycles. The van der Waals surface area contributed by atoms with Crippen molar-refractivity contribution in [2.75, 3.05) is 0 Å². The molecule has 0 aromatic heterocycles. The van der Waals surface area contributed by atoms with Gasteiger partial charge in [-0.1, -0.05) is 31.5 Å². The molecule has 0 radical (unpaired) electrons. The van der Waals surface area contributed by atoms with Gasteiger partial charge in [-0.3, -0.25) is 9.59 Å². The second-order valence-electron chi connectivity index (χ2n) is 4.87. The average molecular weight is 261 g/mol. The first-order valence-electron chi connectivity index (χ1n) is 5.48. The molecule has 1 aliphatic heterocycles. The molecular formula is C12H17ClO4. The van der Waals surface area contributed by atoms with E-state index in [0.29, 0.717) is 0 Å². The quantitative estimate of drug-likeness (QED) is 0.578. The molecule has 0 atom stereocenters. The predicted octanol–water partition coefficient (Wildman–Crippen LogP) is 2.61. The molecule has 0 N–H and O–H groups in total. The lowest BCUT2D eigenvalue weighted by Crippen LogP contribution is -2.56. The third-order valence-electron chi connectivity index (χ3n) is 2.92. The number of cyclic esters (lactones) is 2. The van der Waals surface area contributed by atoms with Gasteiger partial charge < -0.3 is 9.47 Å². The third-order valence-corrected chi connectivity index (χ3v) is 3.10. The standard InChI is InChI=1S/C12H17ClO4/c1-8(2)12(6-5-7-13)9(14)16-11(3,4)17-10(12)15/h5,7-8H,6H2,1-4H3.